The summed E-state index contributed by atoms with van der Waals surface area (Å²) in [5.74, 6) is 1.06. The van der Waals surface area contributed by atoms with Crippen LogP contribution in [0.2, 0.25) is 0 Å². The maximum Gasteiger partial charge on any atom is 0.573 e. The number of aliphatic hydroxyl groups excluding tert-OH is 2. The smallest absolute Gasteiger partial charge is 0.406 e. The number of ether oxygens (including phenoxy) is 2. The largest absolute Gasteiger partial charge is 0.573 e. The molecule has 5 rings (SSSR count). The van der Waals surface area contributed by atoms with Gasteiger partial charge >= 0.3 is 6.36 Å². The molecule has 0 aliphatic heterocycles. The fourth-order valence-electron chi connectivity index (χ4n) is 5.17. The van der Waals surface area contributed by atoms with Crippen molar-refractivity contribution in [2.45, 2.75) is 56.5 Å². The minimum absolute atomic E-state index is 0.179. The molecular formula is C25H31F3N8O4. The van der Waals surface area contributed by atoms with Gasteiger partial charge in [0.15, 0.2) is 17.7 Å². The monoisotopic (exact) mass is 564 g/mol. The van der Waals surface area contributed by atoms with Gasteiger partial charge in [-0.05, 0) is 44.4 Å². The van der Waals surface area contributed by atoms with Crippen molar-refractivity contribution in [3.05, 3.63) is 36.7 Å². The number of alkyl halides is 3. The van der Waals surface area contributed by atoms with Gasteiger partial charge in [0.1, 0.15) is 35.6 Å². The minimum atomic E-state index is -4.75. The number of nitrogen functional groups attached to an aromatic ring is 1. The lowest BCUT2D eigenvalue weighted by Gasteiger charge is -2.43. The number of aromatic nitrogens is 6. The zero-order valence-electron chi connectivity index (χ0n) is 21.9. The van der Waals surface area contributed by atoms with Crippen LogP contribution in [0.5, 0.6) is 5.75 Å². The summed E-state index contributed by atoms with van der Waals surface area (Å²) < 4.78 is 48.3. The van der Waals surface area contributed by atoms with Crippen molar-refractivity contribution in [2.24, 2.45) is 5.92 Å². The molecule has 15 heteroatoms. The van der Waals surface area contributed by atoms with Gasteiger partial charge in [0.25, 0.3) is 0 Å². The molecule has 0 unspecified atom stereocenters. The van der Waals surface area contributed by atoms with Gasteiger partial charge in [-0.25, -0.2) is 19.9 Å². The predicted molar refractivity (Wildman–Crippen MR) is 138 cm³/mol. The number of fused-ring (bicyclic) bond motifs is 2. The molecule has 0 amide bonds. The molecule has 0 saturated heterocycles. The maximum atomic E-state index is 12.5. The Morgan fingerprint density at radius 1 is 1.23 bits per heavy atom. The highest BCUT2D eigenvalue weighted by molar-refractivity contribution is 5.81. The predicted octanol–water partition coefficient (Wildman–Crippen LogP) is 2.39. The first-order chi connectivity index (χ1) is 19.0. The quantitative estimate of drug-likeness (QED) is 0.213. The number of nitrogens with two attached hydrogens (primary N) is 1. The SMILES string of the molecule is CO[C@H](CN(C)[C@H]1C[C@@H](CCc2nc3cc(OC(F)(F)F)ccc3[nH]2)C1)[C@@H](O)[C@@H](O)n1cnc2c(N)ncnc21. The van der Waals surface area contributed by atoms with Gasteiger partial charge in [0.2, 0.25) is 0 Å². The second-order valence-corrected chi connectivity index (χ2v) is 10.1. The fourth-order valence-corrected chi connectivity index (χ4v) is 5.17. The Kier molecular flexibility index (Phi) is 7.81. The van der Waals surface area contributed by atoms with Crippen LogP contribution in [-0.4, -0.2) is 89.9 Å². The summed E-state index contributed by atoms with van der Waals surface area (Å²) in [5.41, 5.74) is 7.54. The lowest BCUT2D eigenvalue weighted by Crippen LogP contribution is -2.49. The molecule has 1 saturated carbocycles. The molecule has 1 fully saturated rings. The molecular weight excluding hydrogens is 533 g/mol. The Labute approximate surface area is 227 Å². The van der Waals surface area contributed by atoms with Gasteiger partial charge in [-0.2, -0.15) is 0 Å². The van der Waals surface area contributed by atoms with Crippen LogP contribution in [0, 0.1) is 5.92 Å². The first-order valence-corrected chi connectivity index (χ1v) is 12.8. The summed E-state index contributed by atoms with van der Waals surface area (Å²) in [6, 6.07) is 4.34. The number of aryl methyl sites for hydroxylation is 1. The third kappa shape index (κ3) is 5.96. The number of likely N-dealkylation sites (N-methyl/N-ethyl adjacent to an activating group) is 1. The van der Waals surface area contributed by atoms with E-state index in [-0.39, 0.29) is 17.6 Å². The van der Waals surface area contributed by atoms with Gasteiger partial charge in [-0.3, -0.25) is 4.57 Å². The summed E-state index contributed by atoms with van der Waals surface area (Å²) >= 11 is 0. The third-order valence-corrected chi connectivity index (χ3v) is 7.49. The van der Waals surface area contributed by atoms with Crippen molar-refractivity contribution in [1.29, 1.82) is 0 Å². The molecule has 5 N–H and O–H groups in total. The van der Waals surface area contributed by atoms with Crippen molar-refractivity contribution in [2.75, 3.05) is 26.4 Å². The molecule has 0 radical (unpaired) electrons. The van der Waals surface area contributed by atoms with Crippen LogP contribution >= 0.6 is 0 Å². The van der Waals surface area contributed by atoms with E-state index in [1.54, 1.807) is 0 Å². The maximum absolute atomic E-state index is 12.5. The summed E-state index contributed by atoms with van der Waals surface area (Å²) in [6.07, 6.45) is -1.99. The number of imidazole rings is 2. The van der Waals surface area contributed by atoms with Crippen LogP contribution in [0.25, 0.3) is 22.2 Å². The second kappa shape index (κ2) is 11.2. The number of H-pyrrole nitrogens is 1. The molecule has 216 valence electrons. The average Bonchev–Trinajstić information content (AvgIpc) is 3.49. The van der Waals surface area contributed by atoms with E-state index >= 15 is 0 Å². The number of aromatic amines is 1. The van der Waals surface area contributed by atoms with Crippen LogP contribution in [0.4, 0.5) is 19.0 Å². The number of nitrogens with one attached hydrogen (secondary N) is 1. The van der Waals surface area contributed by atoms with Crippen LogP contribution in [-0.2, 0) is 11.2 Å². The van der Waals surface area contributed by atoms with E-state index in [9.17, 15) is 23.4 Å². The molecule has 4 aromatic rings. The molecule has 3 atom stereocenters. The van der Waals surface area contributed by atoms with E-state index in [0.29, 0.717) is 46.9 Å². The summed E-state index contributed by atoms with van der Waals surface area (Å²) in [6.45, 7) is 0.391. The molecule has 12 nitrogen and oxygen atoms in total. The summed E-state index contributed by atoms with van der Waals surface area (Å²) in [7, 11) is 3.43. The lowest BCUT2D eigenvalue weighted by atomic mass is 9.76. The van der Waals surface area contributed by atoms with E-state index in [1.165, 1.54) is 42.5 Å². The molecule has 1 aliphatic rings. The van der Waals surface area contributed by atoms with Crippen LogP contribution < -0.4 is 10.5 Å². The van der Waals surface area contributed by atoms with Crippen molar-refractivity contribution >= 4 is 28.0 Å². The molecule has 3 aromatic heterocycles. The molecule has 0 bridgehead atoms. The first-order valence-electron chi connectivity index (χ1n) is 12.8. The number of hydrogen-bond acceptors (Lipinski definition) is 10. The van der Waals surface area contributed by atoms with Crippen LogP contribution in [0.15, 0.2) is 30.9 Å². The van der Waals surface area contributed by atoms with Gasteiger partial charge in [0.05, 0.1) is 17.4 Å². The number of nitrogens with zero attached hydrogens (tertiary/aromatic N) is 6. The number of rotatable bonds is 11. The molecule has 1 aliphatic carbocycles. The third-order valence-electron chi connectivity index (χ3n) is 7.49. The average molecular weight is 565 g/mol. The highest BCUT2D eigenvalue weighted by Crippen LogP contribution is 2.35. The second-order valence-electron chi connectivity index (χ2n) is 10.1. The van der Waals surface area contributed by atoms with Gasteiger partial charge in [0, 0.05) is 32.2 Å². The fraction of sp³-hybridized carbons (Fsp3) is 0.520. The first kappa shape index (κ1) is 28.0. The van der Waals surface area contributed by atoms with Crippen molar-refractivity contribution in [3.8, 4) is 5.75 Å². The molecule has 40 heavy (non-hydrogen) atoms. The van der Waals surface area contributed by atoms with Gasteiger partial charge in [-0.1, -0.05) is 0 Å². The Morgan fingerprint density at radius 3 is 2.73 bits per heavy atom. The Hall–Kier alpha value is -3.53. The number of halogens is 3. The van der Waals surface area contributed by atoms with E-state index in [1.807, 2.05) is 7.05 Å². The van der Waals surface area contributed by atoms with E-state index in [0.717, 1.165) is 19.3 Å². The molecule has 0 spiro atoms. The summed E-state index contributed by atoms with van der Waals surface area (Å²) in [5, 5.41) is 21.7. The molecule has 3 heterocycles. The van der Waals surface area contributed by atoms with Crippen molar-refractivity contribution in [3.63, 3.8) is 0 Å². The van der Waals surface area contributed by atoms with E-state index in [4.69, 9.17) is 10.5 Å². The normalized spacial score (nSPS) is 20.1. The number of anilines is 1. The Balaban J connectivity index is 1.11. The van der Waals surface area contributed by atoms with Crippen molar-refractivity contribution < 1.29 is 32.9 Å². The summed E-state index contributed by atoms with van der Waals surface area (Å²) in [4.78, 5) is 21.8. The van der Waals surface area contributed by atoms with Gasteiger partial charge < -0.3 is 35.3 Å². The van der Waals surface area contributed by atoms with Crippen LogP contribution in [0.1, 0.15) is 31.3 Å². The molecule has 1 aromatic carbocycles. The van der Waals surface area contributed by atoms with Gasteiger partial charge in [-0.15, -0.1) is 13.2 Å². The minimum Gasteiger partial charge on any atom is -0.406 e. The van der Waals surface area contributed by atoms with E-state index < -0.39 is 24.8 Å². The number of methoxy groups -OCH3 is 1. The van der Waals surface area contributed by atoms with Crippen LogP contribution in [0.3, 0.4) is 0 Å². The topological polar surface area (TPSA) is 160 Å². The zero-order chi connectivity index (χ0) is 28.6. The Bertz CT molecular complexity index is 1460. The number of aliphatic hydroxyl groups is 2. The standard InChI is InChI=1S/C25H31F3N8O4/c1-35(10-18(39-2)21(37)24(38)36-12-32-20-22(29)30-11-31-23(20)36)14-7-13(8-14)3-6-19-33-16-5-4-15(9-17(16)34-19)40-25(26,27)28/h4-5,9,11-14,18,21,24,37-38H,3,6-8,10H2,1-2H3,(H,33,34)(H2,29,30,31)/t13-,14+,18-,21-,24-/m1/s1. The zero-order valence-corrected chi connectivity index (χ0v) is 21.9. The van der Waals surface area contributed by atoms with E-state index in [2.05, 4.69) is 34.6 Å². The highest BCUT2D eigenvalue weighted by Gasteiger charge is 2.36. The number of hydrogen-bond donors (Lipinski definition) is 4. The number of benzene rings is 1. The Morgan fingerprint density at radius 2 is 2.00 bits per heavy atom. The lowest BCUT2D eigenvalue weighted by molar-refractivity contribution is -0.274. The van der Waals surface area contributed by atoms with Crippen molar-refractivity contribution in [1.82, 2.24) is 34.4 Å². The highest BCUT2D eigenvalue weighted by atomic mass is 19.4.